The minimum Gasteiger partial charge on any atom is -0.494 e. The van der Waals surface area contributed by atoms with Gasteiger partial charge in [-0.1, -0.05) is 12.1 Å². The molecule has 7 heteroatoms. The second-order valence-corrected chi connectivity index (χ2v) is 8.20. The van der Waals surface area contributed by atoms with Crippen LogP contribution in [0.5, 0.6) is 5.75 Å². The zero-order valence-electron chi connectivity index (χ0n) is 15.7. The Hall–Kier alpha value is -1.86. The molecule has 1 N–H and O–H groups in total. The summed E-state index contributed by atoms with van der Waals surface area (Å²) in [7, 11) is 1.81. The molecule has 0 spiro atoms. The van der Waals surface area contributed by atoms with Gasteiger partial charge in [-0.3, -0.25) is 4.79 Å². The summed E-state index contributed by atoms with van der Waals surface area (Å²) in [4.78, 5) is 14.7. The number of ketones is 1. The molecule has 1 atom stereocenters. The van der Waals surface area contributed by atoms with Crippen LogP contribution in [0.15, 0.2) is 36.4 Å². The van der Waals surface area contributed by atoms with Crippen LogP contribution < -0.4 is 10.1 Å². The Morgan fingerprint density at radius 3 is 2.54 bits per heavy atom. The Morgan fingerprint density at radius 2 is 1.93 bits per heavy atom. The van der Waals surface area contributed by atoms with Crippen LogP contribution in [-0.4, -0.2) is 25.6 Å². The maximum atomic E-state index is 12.6. The first-order valence-electron chi connectivity index (χ1n) is 9.45. The molecule has 1 aromatic carbocycles. The van der Waals surface area contributed by atoms with Crippen LogP contribution >= 0.6 is 11.3 Å². The SMILES string of the molecule is CNC(CC(=O)c1ccc(C2CC2)s1)c1ccc(OCCCC(F)(F)F)cc1. The Labute approximate surface area is 166 Å². The standard InChI is InChI=1S/C21H24F3NO2S/c1-25-17(13-18(26)20-10-9-19(28-20)15-3-4-15)14-5-7-16(8-6-14)27-12-2-11-21(22,23)24/h5-10,15,17,25H,2-4,11-13H2,1H3. The maximum absolute atomic E-state index is 12.6. The lowest BCUT2D eigenvalue weighted by atomic mass is 10.0. The highest BCUT2D eigenvalue weighted by Crippen LogP contribution is 2.43. The zero-order valence-corrected chi connectivity index (χ0v) is 16.5. The van der Waals surface area contributed by atoms with Crippen molar-refractivity contribution in [2.24, 2.45) is 0 Å². The van der Waals surface area contributed by atoms with Gasteiger partial charge in [0.05, 0.1) is 11.5 Å². The van der Waals surface area contributed by atoms with E-state index in [0.717, 1.165) is 10.4 Å². The Balaban J connectivity index is 1.52. The maximum Gasteiger partial charge on any atom is 0.389 e. The van der Waals surface area contributed by atoms with E-state index in [0.29, 0.717) is 18.1 Å². The van der Waals surface area contributed by atoms with Crippen molar-refractivity contribution in [3.05, 3.63) is 51.7 Å². The first-order valence-corrected chi connectivity index (χ1v) is 10.3. The van der Waals surface area contributed by atoms with Crippen LogP contribution in [0, 0.1) is 0 Å². The van der Waals surface area contributed by atoms with Gasteiger partial charge in [-0.15, -0.1) is 11.3 Å². The van der Waals surface area contributed by atoms with Crippen LogP contribution in [0.4, 0.5) is 13.2 Å². The van der Waals surface area contributed by atoms with Gasteiger partial charge in [0.25, 0.3) is 0 Å². The van der Waals surface area contributed by atoms with Crippen molar-refractivity contribution in [2.45, 2.75) is 50.2 Å². The number of alkyl halides is 3. The molecule has 3 rings (SSSR count). The van der Waals surface area contributed by atoms with Gasteiger partial charge in [0.2, 0.25) is 0 Å². The van der Waals surface area contributed by atoms with Gasteiger partial charge in [-0.25, -0.2) is 0 Å². The highest BCUT2D eigenvalue weighted by atomic mass is 32.1. The molecule has 0 saturated heterocycles. The summed E-state index contributed by atoms with van der Waals surface area (Å²) in [5.41, 5.74) is 0.942. The third kappa shape index (κ3) is 6.07. The van der Waals surface area contributed by atoms with Crippen molar-refractivity contribution in [3.8, 4) is 5.75 Å². The third-order valence-electron chi connectivity index (χ3n) is 4.78. The number of thiophene rings is 1. The summed E-state index contributed by atoms with van der Waals surface area (Å²) in [5.74, 6) is 1.29. The number of hydrogen-bond donors (Lipinski definition) is 1. The quantitative estimate of drug-likeness (QED) is 0.392. The first kappa shape index (κ1) is 20.9. The number of nitrogens with one attached hydrogen (secondary N) is 1. The van der Waals surface area contributed by atoms with E-state index in [1.807, 2.05) is 25.2 Å². The highest BCUT2D eigenvalue weighted by molar-refractivity contribution is 7.14. The predicted octanol–water partition coefficient (Wildman–Crippen LogP) is 5.88. The summed E-state index contributed by atoms with van der Waals surface area (Å²) in [5, 5.41) is 3.17. The number of ether oxygens (including phenoxy) is 1. The predicted molar refractivity (Wildman–Crippen MR) is 104 cm³/mol. The van der Waals surface area contributed by atoms with Crippen molar-refractivity contribution >= 4 is 17.1 Å². The fourth-order valence-electron chi connectivity index (χ4n) is 3.02. The zero-order chi connectivity index (χ0) is 20.1. The first-order chi connectivity index (χ1) is 13.4. The number of benzene rings is 1. The molecule has 1 aromatic heterocycles. The average Bonchev–Trinajstić information content (AvgIpc) is 3.39. The van der Waals surface area contributed by atoms with Crippen molar-refractivity contribution in [1.29, 1.82) is 0 Å². The van der Waals surface area contributed by atoms with Gasteiger partial charge in [-0.2, -0.15) is 13.2 Å². The molecule has 1 fully saturated rings. The van der Waals surface area contributed by atoms with Crippen molar-refractivity contribution in [3.63, 3.8) is 0 Å². The number of hydrogen-bond acceptors (Lipinski definition) is 4. The minimum atomic E-state index is -4.15. The summed E-state index contributed by atoms with van der Waals surface area (Å²) >= 11 is 1.60. The summed E-state index contributed by atoms with van der Waals surface area (Å²) < 4.78 is 41.8. The molecule has 28 heavy (non-hydrogen) atoms. The van der Waals surface area contributed by atoms with E-state index in [9.17, 15) is 18.0 Å². The van der Waals surface area contributed by atoms with E-state index in [2.05, 4.69) is 11.4 Å². The molecule has 3 nitrogen and oxygen atoms in total. The molecule has 1 saturated carbocycles. The third-order valence-corrected chi connectivity index (χ3v) is 6.06. The van der Waals surface area contributed by atoms with E-state index >= 15 is 0 Å². The van der Waals surface area contributed by atoms with Gasteiger partial charge in [0.15, 0.2) is 5.78 Å². The molecule has 2 aromatic rings. The molecular formula is C21H24F3NO2S. The second-order valence-electron chi connectivity index (χ2n) is 7.08. The smallest absolute Gasteiger partial charge is 0.389 e. The van der Waals surface area contributed by atoms with Gasteiger partial charge in [0, 0.05) is 23.8 Å². The summed E-state index contributed by atoms with van der Waals surface area (Å²) in [6.45, 7) is 0.0223. The number of Topliss-reactive ketones (excluding diaryl/α,β-unsaturated/α-hetero) is 1. The topological polar surface area (TPSA) is 38.3 Å². The van der Waals surface area contributed by atoms with Crippen LogP contribution in [0.25, 0.3) is 0 Å². The molecule has 0 amide bonds. The lowest BCUT2D eigenvalue weighted by Gasteiger charge is -2.16. The van der Waals surface area contributed by atoms with Crippen LogP contribution in [0.3, 0.4) is 0 Å². The van der Waals surface area contributed by atoms with Crippen molar-refractivity contribution in [2.75, 3.05) is 13.7 Å². The molecule has 152 valence electrons. The molecule has 0 aliphatic heterocycles. The van der Waals surface area contributed by atoms with Gasteiger partial charge < -0.3 is 10.1 Å². The molecule has 1 aliphatic rings. The van der Waals surface area contributed by atoms with E-state index in [1.54, 1.807) is 23.5 Å². The van der Waals surface area contributed by atoms with Crippen molar-refractivity contribution < 1.29 is 22.7 Å². The molecular weight excluding hydrogens is 387 g/mol. The molecule has 1 unspecified atom stereocenters. The van der Waals surface area contributed by atoms with E-state index < -0.39 is 12.6 Å². The Kier molecular flexibility index (Phi) is 6.78. The lowest BCUT2D eigenvalue weighted by Crippen LogP contribution is -2.19. The number of halogens is 3. The molecule has 0 radical (unpaired) electrons. The normalized spacial score (nSPS) is 15.4. The number of rotatable bonds is 10. The average molecular weight is 411 g/mol. The highest BCUT2D eigenvalue weighted by Gasteiger charge is 2.27. The molecule has 1 aliphatic carbocycles. The number of carbonyl (C=O) groups excluding carboxylic acids is 1. The molecule has 0 bridgehead atoms. The lowest BCUT2D eigenvalue weighted by molar-refractivity contribution is -0.136. The van der Waals surface area contributed by atoms with E-state index in [-0.39, 0.29) is 24.9 Å². The second kappa shape index (κ2) is 9.09. The van der Waals surface area contributed by atoms with Crippen LogP contribution in [0.2, 0.25) is 0 Å². The van der Waals surface area contributed by atoms with Gasteiger partial charge in [0.1, 0.15) is 5.75 Å². The number of carbonyl (C=O) groups is 1. The fraction of sp³-hybridized carbons (Fsp3) is 0.476. The largest absolute Gasteiger partial charge is 0.494 e. The monoisotopic (exact) mass is 411 g/mol. The minimum absolute atomic E-state index is 0.0223. The molecule has 1 heterocycles. The van der Waals surface area contributed by atoms with E-state index in [1.165, 1.54) is 17.7 Å². The van der Waals surface area contributed by atoms with Crippen LogP contribution in [0.1, 0.15) is 64.2 Å². The van der Waals surface area contributed by atoms with Gasteiger partial charge in [-0.05, 0) is 62.1 Å². The summed E-state index contributed by atoms with van der Waals surface area (Å²) in [6.07, 6.45) is -2.27. The van der Waals surface area contributed by atoms with Crippen LogP contribution in [-0.2, 0) is 0 Å². The Morgan fingerprint density at radius 1 is 1.21 bits per heavy atom. The van der Waals surface area contributed by atoms with Gasteiger partial charge >= 0.3 is 6.18 Å². The van der Waals surface area contributed by atoms with Crippen molar-refractivity contribution in [1.82, 2.24) is 5.32 Å². The van der Waals surface area contributed by atoms with E-state index in [4.69, 9.17) is 4.74 Å². The fourth-order valence-corrected chi connectivity index (χ4v) is 4.15. The summed E-state index contributed by atoms with van der Waals surface area (Å²) in [6, 6.07) is 11.0. The Bertz CT molecular complexity index is 782.